The van der Waals surface area contributed by atoms with Crippen molar-refractivity contribution < 1.29 is 19.0 Å². The molecular formula is C13H14BrFN2O3S. The Balaban J connectivity index is 2.39. The van der Waals surface area contributed by atoms with E-state index in [-0.39, 0.29) is 11.6 Å². The third-order valence-corrected chi connectivity index (χ3v) is 4.31. The maximum absolute atomic E-state index is 13.7. The minimum Gasteiger partial charge on any atom is -0.481 e. The quantitative estimate of drug-likeness (QED) is 0.593. The molecule has 0 radical (unpaired) electrons. The van der Waals surface area contributed by atoms with E-state index in [4.69, 9.17) is 9.84 Å². The van der Waals surface area contributed by atoms with E-state index < -0.39 is 5.97 Å². The van der Waals surface area contributed by atoms with Gasteiger partial charge < -0.3 is 14.4 Å². The number of ether oxygens (including phenoxy) is 1. The van der Waals surface area contributed by atoms with Crippen molar-refractivity contribution in [3.05, 3.63) is 22.4 Å². The average Bonchev–Trinajstić information content (AvgIpc) is 2.75. The lowest BCUT2D eigenvalue weighted by Crippen LogP contribution is -2.08. The van der Waals surface area contributed by atoms with Gasteiger partial charge in [0.15, 0.2) is 5.16 Å². The number of carboxylic acids is 1. The molecule has 0 fully saturated rings. The fraction of sp³-hybridized carbons (Fsp3) is 0.385. The summed E-state index contributed by atoms with van der Waals surface area (Å²) in [6.07, 6.45) is 0. The van der Waals surface area contributed by atoms with Crippen LogP contribution in [0.5, 0.6) is 0 Å². The Bertz CT molecular complexity index is 662. The zero-order chi connectivity index (χ0) is 15.4. The lowest BCUT2D eigenvalue weighted by Gasteiger charge is -2.08. The number of fused-ring (bicyclic) bond motifs is 1. The molecule has 2 aromatic rings. The van der Waals surface area contributed by atoms with Crippen LogP contribution in [0.4, 0.5) is 4.39 Å². The van der Waals surface area contributed by atoms with E-state index in [9.17, 15) is 9.18 Å². The van der Waals surface area contributed by atoms with Crippen LogP contribution in [-0.4, -0.2) is 39.6 Å². The smallest absolute Gasteiger partial charge is 0.313 e. The third-order valence-electron chi connectivity index (χ3n) is 2.74. The minimum absolute atomic E-state index is 0.0956. The Hall–Kier alpha value is -1.12. The number of imidazole rings is 1. The van der Waals surface area contributed by atoms with Crippen molar-refractivity contribution in [3.63, 3.8) is 0 Å². The van der Waals surface area contributed by atoms with Crippen molar-refractivity contribution in [1.82, 2.24) is 9.55 Å². The molecule has 0 aliphatic rings. The first-order chi connectivity index (χ1) is 10.0. The zero-order valence-corrected chi connectivity index (χ0v) is 13.7. The number of nitrogens with zero attached hydrogens (tertiary/aromatic N) is 2. The molecule has 0 saturated carbocycles. The summed E-state index contributed by atoms with van der Waals surface area (Å²) in [5.41, 5.74) is 1.25. The fourth-order valence-corrected chi connectivity index (χ4v) is 2.94. The molecule has 5 nitrogen and oxygen atoms in total. The Kier molecular flexibility index (Phi) is 5.60. The molecule has 0 unspecified atom stereocenters. The van der Waals surface area contributed by atoms with Crippen molar-refractivity contribution in [3.8, 4) is 0 Å². The molecule has 1 N–H and O–H groups in total. The molecule has 114 valence electrons. The van der Waals surface area contributed by atoms with Gasteiger partial charge in [-0.3, -0.25) is 4.79 Å². The van der Waals surface area contributed by atoms with Gasteiger partial charge >= 0.3 is 5.97 Å². The van der Waals surface area contributed by atoms with Crippen LogP contribution in [0.1, 0.15) is 6.92 Å². The van der Waals surface area contributed by atoms with Gasteiger partial charge in [0.2, 0.25) is 0 Å². The Morgan fingerprint density at radius 2 is 2.33 bits per heavy atom. The standard InChI is InChI=1S/C13H14BrFN2O3S/c1-2-20-4-3-17-11-6-9(15)8(14)5-10(11)16-13(17)21-7-12(18)19/h5-6H,2-4,7H2,1H3,(H,18,19). The maximum atomic E-state index is 13.7. The number of rotatable bonds is 7. The van der Waals surface area contributed by atoms with Gasteiger partial charge in [-0.05, 0) is 28.9 Å². The van der Waals surface area contributed by atoms with Gasteiger partial charge in [-0.15, -0.1) is 0 Å². The van der Waals surface area contributed by atoms with Crippen molar-refractivity contribution in [1.29, 1.82) is 0 Å². The molecule has 0 saturated heterocycles. The van der Waals surface area contributed by atoms with Gasteiger partial charge in [0.1, 0.15) is 5.82 Å². The molecule has 0 aliphatic carbocycles. The highest BCUT2D eigenvalue weighted by Gasteiger charge is 2.15. The Morgan fingerprint density at radius 3 is 3.00 bits per heavy atom. The number of thioether (sulfide) groups is 1. The molecule has 0 bridgehead atoms. The molecule has 2 rings (SSSR count). The molecule has 1 aromatic heterocycles. The third kappa shape index (κ3) is 3.96. The van der Waals surface area contributed by atoms with Crippen LogP contribution in [-0.2, 0) is 16.1 Å². The van der Waals surface area contributed by atoms with Crippen LogP contribution in [0.2, 0.25) is 0 Å². The van der Waals surface area contributed by atoms with Crippen LogP contribution in [0, 0.1) is 5.82 Å². The fourth-order valence-electron chi connectivity index (χ4n) is 1.85. The number of aromatic nitrogens is 2. The van der Waals surface area contributed by atoms with Gasteiger partial charge in [-0.2, -0.15) is 0 Å². The van der Waals surface area contributed by atoms with Crippen LogP contribution in [0.3, 0.4) is 0 Å². The summed E-state index contributed by atoms with van der Waals surface area (Å²) < 4.78 is 21.2. The molecule has 21 heavy (non-hydrogen) atoms. The molecule has 1 heterocycles. The number of benzene rings is 1. The summed E-state index contributed by atoms with van der Waals surface area (Å²) in [7, 11) is 0. The first-order valence-corrected chi connectivity index (χ1v) is 8.08. The van der Waals surface area contributed by atoms with Crippen LogP contribution < -0.4 is 0 Å². The summed E-state index contributed by atoms with van der Waals surface area (Å²) in [6.45, 7) is 3.43. The van der Waals surface area contributed by atoms with E-state index >= 15 is 0 Å². The SMILES string of the molecule is CCOCCn1c(SCC(=O)O)nc2cc(Br)c(F)cc21. The summed E-state index contributed by atoms with van der Waals surface area (Å²) in [6, 6.07) is 2.98. The Morgan fingerprint density at radius 1 is 1.57 bits per heavy atom. The number of aliphatic carboxylic acids is 1. The largest absolute Gasteiger partial charge is 0.481 e. The van der Waals surface area contributed by atoms with Crippen molar-refractivity contribution >= 4 is 44.7 Å². The summed E-state index contributed by atoms with van der Waals surface area (Å²) in [5, 5.41) is 9.34. The number of halogens is 2. The van der Waals surface area contributed by atoms with Crippen LogP contribution in [0.15, 0.2) is 21.8 Å². The maximum Gasteiger partial charge on any atom is 0.313 e. The molecule has 1 aromatic carbocycles. The molecule has 0 aliphatic heterocycles. The predicted octanol–water partition coefficient (Wildman–Crippen LogP) is 3.15. The zero-order valence-electron chi connectivity index (χ0n) is 11.3. The van der Waals surface area contributed by atoms with Crippen LogP contribution in [0.25, 0.3) is 11.0 Å². The first kappa shape index (κ1) is 16.3. The van der Waals surface area contributed by atoms with Gasteiger partial charge in [0.25, 0.3) is 0 Å². The lowest BCUT2D eigenvalue weighted by atomic mass is 10.3. The van der Waals surface area contributed by atoms with Crippen molar-refractivity contribution in [2.24, 2.45) is 0 Å². The monoisotopic (exact) mass is 376 g/mol. The molecule has 0 amide bonds. The van der Waals surface area contributed by atoms with E-state index in [1.165, 1.54) is 6.07 Å². The molecular weight excluding hydrogens is 363 g/mol. The van der Waals surface area contributed by atoms with Gasteiger partial charge in [0, 0.05) is 19.2 Å². The highest BCUT2D eigenvalue weighted by Crippen LogP contribution is 2.28. The minimum atomic E-state index is -0.921. The predicted molar refractivity (Wildman–Crippen MR) is 82.2 cm³/mol. The second-order valence-electron chi connectivity index (χ2n) is 4.18. The van der Waals surface area contributed by atoms with Gasteiger partial charge in [-0.1, -0.05) is 11.8 Å². The average molecular weight is 377 g/mol. The number of hydrogen-bond acceptors (Lipinski definition) is 4. The number of carbonyl (C=O) groups is 1. The topological polar surface area (TPSA) is 64.3 Å². The van der Waals surface area contributed by atoms with E-state index in [2.05, 4.69) is 20.9 Å². The second-order valence-corrected chi connectivity index (χ2v) is 5.98. The first-order valence-electron chi connectivity index (χ1n) is 6.30. The molecule has 0 atom stereocenters. The second kappa shape index (κ2) is 7.24. The number of hydrogen-bond donors (Lipinski definition) is 1. The van der Waals surface area contributed by atoms with E-state index in [1.807, 2.05) is 6.92 Å². The van der Waals surface area contributed by atoms with Gasteiger partial charge in [-0.25, -0.2) is 9.37 Å². The van der Waals surface area contributed by atoms with Crippen molar-refractivity contribution in [2.45, 2.75) is 18.6 Å². The lowest BCUT2D eigenvalue weighted by molar-refractivity contribution is -0.133. The highest BCUT2D eigenvalue weighted by molar-refractivity contribution is 9.10. The molecule has 8 heteroatoms. The normalized spacial score (nSPS) is 11.2. The Labute approximate surface area is 133 Å². The van der Waals surface area contributed by atoms with Crippen LogP contribution >= 0.6 is 27.7 Å². The van der Waals surface area contributed by atoms with Gasteiger partial charge in [0.05, 0.1) is 27.9 Å². The molecule has 0 spiro atoms. The number of carboxylic acid groups (broad SMARTS) is 1. The van der Waals surface area contributed by atoms with E-state index in [1.54, 1.807) is 10.6 Å². The van der Waals surface area contributed by atoms with E-state index in [0.29, 0.717) is 40.4 Å². The highest BCUT2D eigenvalue weighted by atomic mass is 79.9. The summed E-state index contributed by atoms with van der Waals surface area (Å²) in [5.74, 6) is -1.40. The summed E-state index contributed by atoms with van der Waals surface area (Å²) >= 11 is 4.24. The van der Waals surface area contributed by atoms with Crippen molar-refractivity contribution in [2.75, 3.05) is 19.0 Å². The van der Waals surface area contributed by atoms with E-state index in [0.717, 1.165) is 11.8 Å². The summed E-state index contributed by atoms with van der Waals surface area (Å²) in [4.78, 5) is 15.1.